The third-order valence-corrected chi connectivity index (χ3v) is 5.29. The minimum atomic E-state index is -0.204. The molecule has 0 saturated carbocycles. The number of hydrogen-bond donors (Lipinski definition) is 1. The molecule has 1 heterocycles. The summed E-state index contributed by atoms with van der Waals surface area (Å²) in [6.45, 7) is 0.408. The summed E-state index contributed by atoms with van der Waals surface area (Å²) in [7, 11) is 0. The van der Waals surface area contributed by atoms with Crippen molar-refractivity contribution in [2.45, 2.75) is 6.54 Å². The average Bonchev–Trinajstić information content (AvgIpc) is 2.81. The Morgan fingerprint density at radius 2 is 1.92 bits per heavy atom. The zero-order valence-electron chi connectivity index (χ0n) is 12.2. The van der Waals surface area contributed by atoms with E-state index in [0.717, 1.165) is 5.56 Å². The summed E-state index contributed by atoms with van der Waals surface area (Å²) in [5.74, 6) is -0.321. The molecule has 7 heteroatoms. The van der Waals surface area contributed by atoms with Crippen molar-refractivity contribution in [1.82, 2.24) is 4.90 Å². The lowest BCUT2D eigenvalue weighted by atomic mass is 10.1. The van der Waals surface area contributed by atoms with Crippen molar-refractivity contribution < 1.29 is 9.90 Å². The summed E-state index contributed by atoms with van der Waals surface area (Å²) in [5.41, 5.74) is 1.37. The van der Waals surface area contributed by atoms with Crippen LogP contribution in [0.3, 0.4) is 0 Å². The number of halogens is 2. The van der Waals surface area contributed by atoms with Crippen LogP contribution in [0.1, 0.15) is 11.1 Å². The number of carbonyl (C=O) groups excluding carboxylic acids is 1. The summed E-state index contributed by atoms with van der Waals surface area (Å²) < 4.78 is 0.475. The van der Waals surface area contributed by atoms with Gasteiger partial charge in [-0.05, 0) is 23.8 Å². The Morgan fingerprint density at radius 3 is 2.62 bits per heavy atom. The first-order valence-electron chi connectivity index (χ1n) is 6.93. The highest BCUT2D eigenvalue weighted by molar-refractivity contribution is 8.26. The Morgan fingerprint density at radius 1 is 1.21 bits per heavy atom. The molecule has 1 amide bonds. The van der Waals surface area contributed by atoms with Crippen molar-refractivity contribution in [3.63, 3.8) is 0 Å². The highest BCUT2D eigenvalue weighted by atomic mass is 35.5. The number of phenolic OH excluding ortho intramolecular Hbond substituents is 1. The van der Waals surface area contributed by atoms with Gasteiger partial charge in [0.15, 0.2) is 0 Å². The van der Waals surface area contributed by atoms with Crippen LogP contribution >= 0.6 is 47.2 Å². The van der Waals surface area contributed by atoms with Crippen LogP contribution in [0.5, 0.6) is 5.75 Å². The van der Waals surface area contributed by atoms with Crippen LogP contribution in [0.15, 0.2) is 47.4 Å². The van der Waals surface area contributed by atoms with Gasteiger partial charge in [0.05, 0.1) is 16.5 Å². The highest BCUT2D eigenvalue weighted by Crippen LogP contribution is 2.37. The van der Waals surface area contributed by atoms with Crippen LogP contribution in [-0.2, 0) is 11.3 Å². The number of thioether (sulfide) groups is 1. The minimum Gasteiger partial charge on any atom is -0.506 e. The Hall–Kier alpha value is -1.53. The fourth-order valence-electron chi connectivity index (χ4n) is 2.24. The Bertz CT molecular complexity index is 853. The van der Waals surface area contributed by atoms with Crippen LogP contribution in [0, 0.1) is 0 Å². The van der Waals surface area contributed by atoms with Crippen molar-refractivity contribution in [3.05, 3.63) is 68.5 Å². The number of thiocarbonyl (C=S) groups is 1. The molecule has 2 aromatic rings. The largest absolute Gasteiger partial charge is 0.506 e. The van der Waals surface area contributed by atoms with Crippen molar-refractivity contribution >= 4 is 63.5 Å². The van der Waals surface area contributed by atoms with E-state index in [1.165, 1.54) is 22.7 Å². The molecule has 0 aliphatic carbocycles. The Balaban J connectivity index is 1.89. The molecule has 0 aromatic heterocycles. The number of aromatic hydroxyl groups is 1. The molecule has 0 unspecified atom stereocenters. The van der Waals surface area contributed by atoms with E-state index >= 15 is 0 Å². The van der Waals surface area contributed by atoms with Crippen LogP contribution in [0.2, 0.25) is 10.0 Å². The van der Waals surface area contributed by atoms with E-state index in [1.54, 1.807) is 12.1 Å². The van der Waals surface area contributed by atoms with Gasteiger partial charge in [-0.1, -0.05) is 77.5 Å². The number of phenols is 1. The standard InChI is InChI=1S/C17H11Cl2NO2S2/c18-12-6-11(15(21)13(19)8-12)7-14-16(22)20(17(23)24-14)9-10-4-2-1-3-5-10/h1-8,21H,9H2. The van der Waals surface area contributed by atoms with Crippen molar-refractivity contribution in [2.75, 3.05) is 0 Å². The van der Waals surface area contributed by atoms with E-state index < -0.39 is 0 Å². The predicted molar refractivity (Wildman–Crippen MR) is 103 cm³/mol. The second-order valence-electron chi connectivity index (χ2n) is 5.08. The van der Waals surface area contributed by atoms with Gasteiger partial charge >= 0.3 is 0 Å². The molecule has 2 aromatic carbocycles. The van der Waals surface area contributed by atoms with Crippen molar-refractivity contribution in [3.8, 4) is 5.75 Å². The van der Waals surface area contributed by atoms with Crippen molar-refractivity contribution in [2.24, 2.45) is 0 Å². The van der Waals surface area contributed by atoms with Gasteiger partial charge in [-0.3, -0.25) is 9.69 Å². The molecule has 0 bridgehead atoms. The number of hydrogen-bond acceptors (Lipinski definition) is 4. The smallest absolute Gasteiger partial charge is 0.266 e. The molecule has 0 spiro atoms. The van der Waals surface area contributed by atoms with Crippen LogP contribution < -0.4 is 0 Å². The second-order valence-corrected chi connectivity index (χ2v) is 7.60. The van der Waals surface area contributed by atoms with E-state index in [1.807, 2.05) is 30.3 Å². The molecule has 24 heavy (non-hydrogen) atoms. The maximum absolute atomic E-state index is 12.6. The summed E-state index contributed by atoms with van der Waals surface area (Å²) >= 11 is 18.4. The molecule has 0 radical (unpaired) electrons. The van der Waals surface area contributed by atoms with Crippen LogP contribution in [-0.4, -0.2) is 20.2 Å². The quantitative estimate of drug-likeness (QED) is 0.579. The molecule has 1 fully saturated rings. The number of nitrogens with zero attached hydrogens (tertiary/aromatic N) is 1. The SMILES string of the molecule is O=C1C(=Cc2cc(Cl)cc(Cl)c2O)SC(=S)N1Cc1ccccc1. The molecule has 0 atom stereocenters. The number of rotatable bonds is 3. The van der Waals surface area contributed by atoms with Gasteiger partial charge < -0.3 is 5.11 Å². The van der Waals surface area contributed by atoms with E-state index in [4.69, 9.17) is 35.4 Å². The van der Waals surface area contributed by atoms with Gasteiger partial charge in [0.1, 0.15) is 10.1 Å². The minimum absolute atomic E-state index is 0.116. The lowest BCUT2D eigenvalue weighted by Gasteiger charge is -2.14. The summed E-state index contributed by atoms with van der Waals surface area (Å²) in [6, 6.07) is 12.6. The number of carbonyl (C=O) groups is 1. The van der Waals surface area contributed by atoms with Crippen molar-refractivity contribution in [1.29, 1.82) is 0 Å². The summed E-state index contributed by atoms with van der Waals surface area (Å²) in [6.07, 6.45) is 1.55. The third-order valence-electron chi connectivity index (χ3n) is 3.40. The fourth-order valence-corrected chi connectivity index (χ4v) is 3.99. The Labute approximate surface area is 158 Å². The molecule has 3 rings (SSSR count). The maximum atomic E-state index is 12.6. The van der Waals surface area contributed by atoms with E-state index in [-0.39, 0.29) is 16.7 Å². The first-order chi connectivity index (χ1) is 11.5. The zero-order valence-corrected chi connectivity index (χ0v) is 15.3. The monoisotopic (exact) mass is 395 g/mol. The van der Waals surface area contributed by atoms with Crippen LogP contribution in [0.4, 0.5) is 0 Å². The van der Waals surface area contributed by atoms with Gasteiger partial charge in [-0.25, -0.2) is 0 Å². The molecule has 1 N–H and O–H groups in total. The second kappa shape index (κ2) is 7.15. The first kappa shape index (κ1) is 17.3. The topological polar surface area (TPSA) is 40.5 Å². The van der Waals surface area contributed by atoms with Gasteiger partial charge in [0.25, 0.3) is 5.91 Å². The third kappa shape index (κ3) is 3.59. The normalized spacial score (nSPS) is 16.2. The molecule has 122 valence electrons. The Kier molecular flexibility index (Phi) is 5.15. The van der Waals surface area contributed by atoms with Gasteiger partial charge in [-0.2, -0.15) is 0 Å². The molecule has 1 aliphatic heterocycles. The summed E-state index contributed by atoms with van der Waals surface area (Å²) in [5, 5.41) is 10.5. The van der Waals surface area contributed by atoms with Gasteiger partial charge in [-0.15, -0.1) is 0 Å². The predicted octanol–water partition coefficient (Wildman–Crippen LogP) is 5.10. The van der Waals surface area contributed by atoms with Crippen LogP contribution in [0.25, 0.3) is 6.08 Å². The summed E-state index contributed by atoms with van der Waals surface area (Å²) in [4.78, 5) is 14.6. The molecular formula is C17H11Cl2NO2S2. The molecule has 1 saturated heterocycles. The fraction of sp³-hybridized carbons (Fsp3) is 0.0588. The van der Waals surface area contributed by atoms with E-state index in [0.29, 0.717) is 26.4 Å². The van der Waals surface area contributed by atoms with Gasteiger partial charge in [0.2, 0.25) is 0 Å². The molecule has 3 nitrogen and oxygen atoms in total. The first-order valence-corrected chi connectivity index (χ1v) is 8.91. The lowest BCUT2D eigenvalue weighted by molar-refractivity contribution is -0.122. The van der Waals surface area contributed by atoms with Gasteiger partial charge in [0, 0.05) is 10.6 Å². The number of benzene rings is 2. The maximum Gasteiger partial charge on any atom is 0.266 e. The lowest BCUT2D eigenvalue weighted by Crippen LogP contribution is -2.27. The number of amides is 1. The average molecular weight is 396 g/mol. The molecule has 1 aliphatic rings. The van der Waals surface area contributed by atoms with E-state index in [2.05, 4.69) is 0 Å². The highest BCUT2D eigenvalue weighted by Gasteiger charge is 2.32. The zero-order chi connectivity index (χ0) is 17.3. The van der Waals surface area contributed by atoms with E-state index in [9.17, 15) is 9.90 Å². The molecular weight excluding hydrogens is 385 g/mol.